The van der Waals surface area contributed by atoms with Crippen LogP contribution in [0.4, 0.5) is 5.69 Å². The highest BCUT2D eigenvalue weighted by Crippen LogP contribution is 2.22. The van der Waals surface area contributed by atoms with Crippen molar-refractivity contribution in [2.75, 3.05) is 37.6 Å². The Morgan fingerprint density at radius 3 is 2.37 bits per heavy atom. The van der Waals surface area contributed by atoms with Crippen molar-refractivity contribution in [1.82, 2.24) is 9.80 Å². The number of carbonyl (C=O) groups excluding carboxylic acids is 2. The van der Waals surface area contributed by atoms with E-state index in [1.165, 1.54) is 32.1 Å². The normalized spacial score (nSPS) is 22.4. The second-order valence-electron chi connectivity index (χ2n) is 7.71. The molecule has 0 unspecified atom stereocenters. The van der Waals surface area contributed by atoms with Crippen molar-refractivity contribution >= 4 is 29.1 Å². The molecule has 2 aliphatic rings. The Balaban J connectivity index is 1.53. The van der Waals surface area contributed by atoms with Crippen LogP contribution in [0, 0.1) is 0 Å². The van der Waals surface area contributed by atoms with Crippen LogP contribution in [-0.4, -0.2) is 60.4 Å². The van der Waals surface area contributed by atoms with E-state index in [1.54, 1.807) is 21.9 Å². The van der Waals surface area contributed by atoms with Crippen LogP contribution >= 0.6 is 11.6 Å². The van der Waals surface area contributed by atoms with Crippen LogP contribution in [0.5, 0.6) is 0 Å². The van der Waals surface area contributed by atoms with E-state index in [1.807, 2.05) is 19.1 Å². The largest absolute Gasteiger partial charge is 0.329 e. The summed E-state index contributed by atoms with van der Waals surface area (Å²) in [5, 5.41) is 0.650. The van der Waals surface area contributed by atoms with Crippen molar-refractivity contribution in [2.24, 2.45) is 0 Å². The molecule has 2 saturated heterocycles. The summed E-state index contributed by atoms with van der Waals surface area (Å²) < 4.78 is 0. The summed E-state index contributed by atoms with van der Waals surface area (Å²) in [6.07, 6.45) is 6.87. The quantitative estimate of drug-likeness (QED) is 0.788. The number of piperazine rings is 1. The van der Waals surface area contributed by atoms with Crippen LogP contribution in [0.3, 0.4) is 0 Å². The lowest BCUT2D eigenvalue weighted by atomic mass is 10.1. The summed E-state index contributed by atoms with van der Waals surface area (Å²) >= 11 is 5.94. The Morgan fingerprint density at radius 1 is 1.07 bits per heavy atom. The molecule has 0 N–H and O–H groups in total. The Kier molecular flexibility index (Phi) is 7.13. The third kappa shape index (κ3) is 5.45. The summed E-state index contributed by atoms with van der Waals surface area (Å²) in [7, 11) is 0. The van der Waals surface area contributed by atoms with Gasteiger partial charge in [0.15, 0.2) is 0 Å². The minimum Gasteiger partial charge on any atom is -0.329 e. The van der Waals surface area contributed by atoms with Crippen molar-refractivity contribution in [3.05, 3.63) is 29.3 Å². The maximum absolute atomic E-state index is 12.7. The minimum absolute atomic E-state index is 0.0122. The molecule has 0 spiro atoms. The number of hydrogen-bond acceptors (Lipinski definition) is 3. The van der Waals surface area contributed by atoms with Gasteiger partial charge in [0.1, 0.15) is 6.54 Å². The number of halogens is 1. The molecular formula is C21H30ClN3O2. The number of hydrogen-bond donors (Lipinski definition) is 0. The highest BCUT2D eigenvalue weighted by molar-refractivity contribution is 6.30. The van der Waals surface area contributed by atoms with Gasteiger partial charge in [-0.3, -0.25) is 9.59 Å². The maximum atomic E-state index is 12.7. The molecule has 0 saturated carbocycles. The molecule has 5 nitrogen and oxygen atoms in total. The molecule has 0 radical (unpaired) electrons. The Hall–Kier alpha value is -1.59. The number of rotatable bonds is 4. The van der Waals surface area contributed by atoms with Gasteiger partial charge in [0.25, 0.3) is 0 Å². The predicted octanol–water partition coefficient (Wildman–Crippen LogP) is 3.56. The molecule has 3 rings (SSSR count). The first kappa shape index (κ1) is 20.2. The summed E-state index contributed by atoms with van der Waals surface area (Å²) in [4.78, 5) is 31.3. The van der Waals surface area contributed by atoms with E-state index < -0.39 is 0 Å². The third-order valence-corrected chi connectivity index (χ3v) is 5.89. The first-order valence-electron chi connectivity index (χ1n) is 10.1. The van der Waals surface area contributed by atoms with Crippen LogP contribution in [0.2, 0.25) is 5.02 Å². The van der Waals surface area contributed by atoms with E-state index in [9.17, 15) is 9.59 Å². The van der Waals surface area contributed by atoms with Crippen molar-refractivity contribution < 1.29 is 9.59 Å². The molecule has 2 fully saturated rings. The third-order valence-electron chi connectivity index (χ3n) is 5.63. The molecule has 0 bridgehead atoms. The van der Waals surface area contributed by atoms with Crippen LogP contribution in [0.15, 0.2) is 24.3 Å². The summed E-state index contributed by atoms with van der Waals surface area (Å²) in [6, 6.07) is 7.29. The molecule has 148 valence electrons. The molecule has 27 heavy (non-hydrogen) atoms. The molecular weight excluding hydrogens is 362 g/mol. The molecule has 2 heterocycles. The molecule has 1 atom stereocenters. The summed E-state index contributed by atoms with van der Waals surface area (Å²) in [5.41, 5.74) is 0.837. The van der Waals surface area contributed by atoms with E-state index in [2.05, 4.69) is 4.90 Å². The topological polar surface area (TPSA) is 43.9 Å². The van der Waals surface area contributed by atoms with Crippen molar-refractivity contribution in [3.8, 4) is 0 Å². The smallest absolute Gasteiger partial charge is 0.246 e. The SMILES string of the molecule is C[C@H]1CN(c2ccc(Cl)cc2)C(=O)CN1C(=O)CCN1CCCCCCC1. The van der Waals surface area contributed by atoms with Crippen LogP contribution < -0.4 is 4.90 Å². The van der Waals surface area contributed by atoms with E-state index in [4.69, 9.17) is 11.6 Å². The Labute approximate surface area is 167 Å². The lowest BCUT2D eigenvalue weighted by Crippen LogP contribution is -2.57. The second-order valence-corrected chi connectivity index (χ2v) is 8.15. The van der Waals surface area contributed by atoms with Crippen molar-refractivity contribution in [1.29, 1.82) is 0 Å². The fourth-order valence-corrected chi connectivity index (χ4v) is 4.12. The van der Waals surface area contributed by atoms with E-state index in [0.717, 1.165) is 25.3 Å². The molecule has 2 aliphatic heterocycles. The number of amides is 2. The number of likely N-dealkylation sites (tertiary alicyclic amines) is 1. The predicted molar refractivity (Wildman–Crippen MR) is 109 cm³/mol. The van der Waals surface area contributed by atoms with Gasteiger partial charge in [0.2, 0.25) is 11.8 Å². The fraction of sp³-hybridized carbons (Fsp3) is 0.619. The van der Waals surface area contributed by atoms with Gasteiger partial charge in [-0.05, 0) is 57.1 Å². The maximum Gasteiger partial charge on any atom is 0.246 e. The zero-order chi connectivity index (χ0) is 19.2. The van der Waals surface area contributed by atoms with Gasteiger partial charge >= 0.3 is 0 Å². The summed E-state index contributed by atoms with van der Waals surface area (Å²) in [6.45, 7) is 5.68. The number of anilines is 1. The van der Waals surface area contributed by atoms with Gasteiger partial charge in [-0.2, -0.15) is 0 Å². The molecule has 1 aromatic rings. The standard InChI is InChI=1S/C21H30ClN3O2/c1-17-15-25(19-9-7-18(22)8-10-19)21(27)16-24(17)20(26)11-14-23-12-5-3-2-4-6-13-23/h7-10,17H,2-6,11-16H2,1H3/t17-/m0/s1. The van der Waals surface area contributed by atoms with E-state index in [-0.39, 0.29) is 24.4 Å². The van der Waals surface area contributed by atoms with Crippen LogP contribution in [0.25, 0.3) is 0 Å². The average molecular weight is 392 g/mol. The highest BCUT2D eigenvalue weighted by atomic mass is 35.5. The molecule has 0 aromatic heterocycles. The van der Waals surface area contributed by atoms with Crippen LogP contribution in [0.1, 0.15) is 45.4 Å². The molecule has 0 aliphatic carbocycles. The molecule has 2 amide bonds. The zero-order valence-corrected chi connectivity index (χ0v) is 17.0. The number of nitrogens with zero attached hydrogens (tertiary/aromatic N) is 3. The van der Waals surface area contributed by atoms with Gasteiger partial charge in [-0.1, -0.05) is 30.9 Å². The number of benzene rings is 1. The molecule has 6 heteroatoms. The summed E-state index contributed by atoms with van der Waals surface area (Å²) in [5.74, 6) is 0.0590. The van der Waals surface area contributed by atoms with Gasteiger partial charge in [-0.25, -0.2) is 0 Å². The first-order valence-corrected chi connectivity index (χ1v) is 10.5. The van der Waals surface area contributed by atoms with Crippen molar-refractivity contribution in [3.63, 3.8) is 0 Å². The molecule has 1 aromatic carbocycles. The van der Waals surface area contributed by atoms with Gasteiger partial charge in [-0.15, -0.1) is 0 Å². The monoisotopic (exact) mass is 391 g/mol. The Morgan fingerprint density at radius 2 is 1.70 bits per heavy atom. The fourth-order valence-electron chi connectivity index (χ4n) is 3.99. The minimum atomic E-state index is -0.0324. The van der Waals surface area contributed by atoms with Crippen molar-refractivity contribution in [2.45, 2.75) is 51.5 Å². The van der Waals surface area contributed by atoms with Gasteiger partial charge < -0.3 is 14.7 Å². The van der Waals surface area contributed by atoms with E-state index >= 15 is 0 Å². The van der Waals surface area contributed by atoms with Crippen LogP contribution in [-0.2, 0) is 9.59 Å². The zero-order valence-electron chi connectivity index (χ0n) is 16.2. The highest BCUT2D eigenvalue weighted by Gasteiger charge is 2.33. The van der Waals surface area contributed by atoms with E-state index in [0.29, 0.717) is 18.0 Å². The lowest BCUT2D eigenvalue weighted by Gasteiger charge is -2.39. The average Bonchev–Trinajstić information content (AvgIpc) is 2.63. The number of carbonyl (C=O) groups is 2. The Bertz CT molecular complexity index is 641. The van der Waals surface area contributed by atoms with Gasteiger partial charge in [0.05, 0.1) is 0 Å². The second kappa shape index (κ2) is 9.56. The lowest BCUT2D eigenvalue weighted by molar-refractivity contribution is -0.139. The first-order chi connectivity index (χ1) is 13.0. The van der Waals surface area contributed by atoms with Gasteiger partial charge in [0, 0.05) is 36.3 Å².